The summed E-state index contributed by atoms with van der Waals surface area (Å²) in [5.74, 6) is 0.245. The van der Waals surface area contributed by atoms with Crippen molar-refractivity contribution in [3.8, 4) is 0 Å². The van der Waals surface area contributed by atoms with E-state index in [-0.39, 0.29) is 5.91 Å². The first kappa shape index (κ1) is 12.7. The van der Waals surface area contributed by atoms with Gasteiger partial charge in [-0.1, -0.05) is 30.3 Å². The highest BCUT2D eigenvalue weighted by atomic mass is 16.1. The van der Waals surface area contributed by atoms with Gasteiger partial charge in [-0.2, -0.15) is 0 Å². The molecule has 2 aliphatic rings. The average Bonchev–Trinajstić information content (AvgIpc) is 2.61. The number of carbonyl (C=O) groups excluding carboxylic acids is 1. The van der Waals surface area contributed by atoms with Gasteiger partial charge in [0.1, 0.15) is 0 Å². The molecule has 1 aromatic carbocycles. The molecule has 0 aromatic heterocycles. The normalized spacial score (nSPS) is 28.3. The summed E-state index contributed by atoms with van der Waals surface area (Å²) in [6.45, 7) is 2.17. The monoisotopic (exact) mass is 258 g/mol. The molecular formula is C16H22N2O. The quantitative estimate of drug-likeness (QED) is 0.883. The van der Waals surface area contributed by atoms with Crippen LogP contribution in [0.1, 0.15) is 37.7 Å². The van der Waals surface area contributed by atoms with Crippen LogP contribution in [0.3, 0.4) is 0 Å². The van der Waals surface area contributed by atoms with Crippen LogP contribution in [0.25, 0.3) is 0 Å². The van der Waals surface area contributed by atoms with E-state index in [1.54, 1.807) is 0 Å². The zero-order chi connectivity index (χ0) is 13.1. The zero-order valence-electron chi connectivity index (χ0n) is 11.3. The first-order valence-electron chi connectivity index (χ1n) is 7.40. The fraction of sp³-hybridized carbons (Fsp3) is 0.562. The van der Waals surface area contributed by atoms with Crippen LogP contribution in [0, 0.1) is 0 Å². The van der Waals surface area contributed by atoms with Gasteiger partial charge in [-0.3, -0.25) is 9.69 Å². The minimum atomic E-state index is 0.245. The van der Waals surface area contributed by atoms with Crippen molar-refractivity contribution in [2.75, 3.05) is 6.54 Å². The number of likely N-dealkylation sites (tertiary alicyclic amines) is 1. The maximum atomic E-state index is 11.7. The van der Waals surface area contributed by atoms with Gasteiger partial charge in [-0.05, 0) is 37.8 Å². The van der Waals surface area contributed by atoms with Gasteiger partial charge in [0.05, 0.1) is 0 Å². The molecule has 1 amide bonds. The third kappa shape index (κ3) is 2.98. The zero-order valence-corrected chi connectivity index (χ0v) is 11.3. The number of hydrogen-bond acceptors (Lipinski definition) is 2. The van der Waals surface area contributed by atoms with E-state index in [1.165, 1.54) is 12.0 Å². The summed E-state index contributed by atoms with van der Waals surface area (Å²) < 4.78 is 0. The van der Waals surface area contributed by atoms with Gasteiger partial charge >= 0.3 is 0 Å². The molecule has 3 rings (SSSR count). The van der Waals surface area contributed by atoms with Crippen molar-refractivity contribution in [1.82, 2.24) is 10.2 Å². The van der Waals surface area contributed by atoms with Crippen molar-refractivity contribution in [1.29, 1.82) is 0 Å². The largest absolute Gasteiger partial charge is 0.352 e. The Morgan fingerprint density at radius 3 is 2.84 bits per heavy atom. The fourth-order valence-electron chi connectivity index (χ4n) is 3.44. The lowest BCUT2D eigenvalue weighted by molar-refractivity contribution is -0.121. The molecule has 19 heavy (non-hydrogen) atoms. The van der Waals surface area contributed by atoms with E-state index in [4.69, 9.17) is 0 Å². The smallest absolute Gasteiger partial charge is 0.220 e. The third-order valence-corrected chi connectivity index (χ3v) is 4.37. The van der Waals surface area contributed by atoms with Gasteiger partial charge in [-0.25, -0.2) is 0 Å². The van der Waals surface area contributed by atoms with Gasteiger partial charge in [-0.15, -0.1) is 0 Å². The van der Waals surface area contributed by atoms with E-state index in [1.807, 2.05) is 0 Å². The molecule has 0 radical (unpaired) electrons. The van der Waals surface area contributed by atoms with Crippen LogP contribution in [0.5, 0.6) is 0 Å². The number of amides is 1. The Morgan fingerprint density at radius 2 is 2.00 bits per heavy atom. The average molecular weight is 258 g/mol. The van der Waals surface area contributed by atoms with E-state index in [0.29, 0.717) is 18.5 Å². The maximum absolute atomic E-state index is 11.7. The Kier molecular flexibility index (Phi) is 3.83. The standard InChI is InChI=1S/C16H22N2O/c19-16-10-4-9-15-14(17-16)8-5-11-18(15)12-13-6-2-1-3-7-13/h1-3,6-7,14-15H,4-5,8-12H2,(H,17,19). The molecule has 0 aliphatic carbocycles. The summed E-state index contributed by atoms with van der Waals surface area (Å²) in [5.41, 5.74) is 1.37. The lowest BCUT2D eigenvalue weighted by Crippen LogP contribution is -2.53. The number of piperidine rings is 1. The van der Waals surface area contributed by atoms with Crippen LogP contribution < -0.4 is 5.32 Å². The Hall–Kier alpha value is -1.35. The molecule has 2 atom stereocenters. The molecule has 3 nitrogen and oxygen atoms in total. The van der Waals surface area contributed by atoms with Crippen LogP contribution in [0.2, 0.25) is 0 Å². The summed E-state index contributed by atoms with van der Waals surface area (Å²) in [7, 11) is 0. The summed E-state index contributed by atoms with van der Waals surface area (Å²) in [4.78, 5) is 14.2. The van der Waals surface area contributed by atoms with Crippen molar-refractivity contribution in [3.05, 3.63) is 35.9 Å². The fourth-order valence-corrected chi connectivity index (χ4v) is 3.44. The molecule has 2 fully saturated rings. The lowest BCUT2D eigenvalue weighted by atomic mass is 9.93. The SMILES string of the molecule is O=C1CCCC2C(CCCN2Cc2ccccc2)N1. The predicted molar refractivity (Wildman–Crippen MR) is 75.7 cm³/mol. The van der Waals surface area contributed by atoms with Gasteiger partial charge in [0.2, 0.25) is 5.91 Å². The second-order valence-electron chi connectivity index (χ2n) is 5.73. The number of benzene rings is 1. The summed E-state index contributed by atoms with van der Waals surface area (Å²) in [6.07, 6.45) is 5.21. The minimum absolute atomic E-state index is 0.245. The Balaban J connectivity index is 1.72. The lowest BCUT2D eigenvalue weighted by Gasteiger charge is -2.40. The number of hydrogen-bond donors (Lipinski definition) is 1. The molecule has 2 unspecified atom stereocenters. The van der Waals surface area contributed by atoms with Crippen LogP contribution in [0.15, 0.2) is 30.3 Å². The van der Waals surface area contributed by atoms with E-state index >= 15 is 0 Å². The van der Waals surface area contributed by atoms with Crippen molar-refractivity contribution < 1.29 is 4.79 Å². The Morgan fingerprint density at radius 1 is 1.16 bits per heavy atom. The maximum Gasteiger partial charge on any atom is 0.220 e. The van der Waals surface area contributed by atoms with Gasteiger partial charge in [0.15, 0.2) is 0 Å². The highest BCUT2D eigenvalue weighted by Crippen LogP contribution is 2.26. The number of nitrogens with zero attached hydrogens (tertiary/aromatic N) is 1. The molecule has 0 bridgehead atoms. The molecule has 0 spiro atoms. The predicted octanol–water partition coefficient (Wildman–Crippen LogP) is 2.32. The molecule has 2 saturated heterocycles. The van der Waals surface area contributed by atoms with Crippen LogP contribution in [0.4, 0.5) is 0 Å². The molecular weight excluding hydrogens is 236 g/mol. The summed E-state index contributed by atoms with van der Waals surface area (Å²) >= 11 is 0. The first-order valence-corrected chi connectivity index (χ1v) is 7.40. The van der Waals surface area contributed by atoms with Crippen LogP contribution in [-0.4, -0.2) is 29.4 Å². The highest BCUT2D eigenvalue weighted by Gasteiger charge is 2.33. The van der Waals surface area contributed by atoms with Crippen molar-refractivity contribution >= 4 is 5.91 Å². The van der Waals surface area contributed by atoms with Crippen LogP contribution >= 0.6 is 0 Å². The Labute approximate surface area is 115 Å². The highest BCUT2D eigenvalue weighted by molar-refractivity contribution is 5.76. The summed E-state index contributed by atoms with van der Waals surface area (Å²) in [5, 5.41) is 3.22. The van der Waals surface area contributed by atoms with Crippen molar-refractivity contribution in [2.24, 2.45) is 0 Å². The molecule has 3 heteroatoms. The number of fused-ring (bicyclic) bond motifs is 1. The summed E-state index contributed by atoms with van der Waals surface area (Å²) in [6, 6.07) is 11.6. The first-order chi connectivity index (χ1) is 9.33. The number of carbonyl (C=O) groups is 1. The second-order valence-corrected chi connectivity index (χ2v) is 5.73. The second kappa shape index (κ2) is 5.74. The van der Waals surface area contributed by atoms with Gasteiger partial charge < -0.3 is 5.32 Å². The molecule has 102 valence electrons. The number of rotatable bonds is 2. The van der Waals surface area contributed by atoms with E-state index in [0.717, 1.165) is 32.4 Å². The van der Waals surface area contributed by atoms with Crippen molar-refractivity contribution in [3.63, 3.8) is 0 Å². The molecule has 1 N–H and O–H groups in total. The van der Waals surface area contributed by atoms with Crippen molar-refractivity contribution in [2.45, 2.75) is 50.7 Å². The molecule has 1 aromatic rings. The van der Waals surface area contributed by atoms with E-state index < -0.39 is 0 Å². The van der Waals surface area contributed by atoms with Gasteiger partial charge in [0, 0.05) is 25.0 Å². The topological polar surface area (TPSA) is 32.3 Å². The van der Waals surface area contributed by atoms with Gasteiger partial charge in [0.25, 0.3) is 0 Å². The number of nitrogens with one attached hydrogen (secondary N) is 1. The van der Waals surface area contributed by atoms with Crippen LogP contribution in [-0.2, 0) is 11.3 Å². The Bertz CT molecular complexity index is 432. The molecule has 2 aliphatic heterocycles. The van der Waals surface area contributed by atoms with E-state index in [9.17, 15) is 4.79 Å². The van der Waals surface area contributed by atoms with E-state index in [2.05, 4.69) is 40.5 Å². The molecule has 2 heterocycles. The minimum Gasteiger partial charge on any atom is -0.352 e. The third-order valence-electron chi connectivity index (χ3n) is 4.37. The molecule has 0 saturated carbocycles.